The number of ketones is 1. The van der Waals surface area contributed by atoms with Crippen molar-refractivity contribution in [3.8, 4) is 0 Å². The largest absolute Gasteiger partial charge is 0.444 e. The Labute approximate surface area is 204 Å². The quantitative estimate of drug-likeness (QED) is 0.377. The summed E-state index contributed by atoms with van der Waals surface area (Å²) < 4.78 is 5.48. The molecule has 1 amide bonds. The van der Waals surface area contributed by atoms with Crippen LogP contribution in [0, 0.1) is 6.92 Å². The highest BCUT2D eigenvalue weighted by atomic mass is 32.1. The summed E-state index contributed by atoms with van der Waals surface area (Å²) in [5.41, 5.74) is 2.36. The predicted molar refractivity (Wildman–Crippen MR) is 134 cm³/mol. The average molecular weight is 483 g/mol. The van der Waals surface area contributed by atoms with Gasteiger partial charge in [0.1, 0.15) is 10.6 Å². The summed E-state index contributed by atoms with van der Waals surface area (Å²) in [6.45, 7) is 7.34. The van der Waals surface area contributed by atoms with Crippen LogP contribution in [0.25, 0.3) is 0 Å². The van der Waals surface area contributed by atoms with E-state index >= 15 is 0 Å². The lowest BCUT2D eigenvalue weighted by Crippen LogP contribution is -2.51. The third-order valence-corrected chi connectivity index (χ3v) is 5.59. The van der Waals surface area contributed by atoms with E-state index in [2.05, 4.69) is 4.98 Å². The number of para-hydroxylation sites is 1. The first-order chi connectivity index (χ1) is 16.0. The molecule has 1 aromatic heterocycles. The minimum absolute atomic E-state index is 0.0411. The van der Waals surface area contributed by atoms with E-state index in [0.717, 1.165) is 11.1 Å². The molecule has 4 N–H and O–H groups in total. The van der Waals surface area contributed by atoms with Crippen LogP contribution in [0.1, 0.15) is 31.9 Å². The van der Waals surface area contributed by atoms with Gasteiger partial charge in [-0.15, -0.1) is 0 Å². The molecule has 1 aliphatic rings. The fourth-order valence-corrected chi connectivity index (χ4v) is 3.78. The van der Waals surface area contributed by atoms with Crippen molar-refractivity contribution in [1.29, 1.82) is 0 Å². The number of hydrogen-bond donors (Lipinski definition) is 2. The van der Waals surface area contributed by atoms with Gasteiger partial charge in [0.15, 0.2) is 5.78 Å². The molecule has 10 heteroatoms. The molecule has 0 spiro atoms. The molecule has 2 heterocycles. The first-order valence-corrected chi connectivity index (χ1v) is 11.2. The van der Waals surface area contributed by atoms with Gasteiger partial charge >= 0.3 is 6.09 Å². The van der Waals surface area contributed by atoms with Gasteiger partial charge in [0.2, 0.25) is 0 Å². The van der Waals surface area contributed by atoms with Crippen LogP contribution in [-0.4, -0.2) is 50.4 Å². The second kappa shape index (κ2) is 10.3. The number of nitrogens with zero attached hydrogens (tertiary/aromatic N) is 4. The molecule has 0 unspecified atom stereocenters. The van der Waals surface area contributed by atoms with E-state index in [0.29, 0.717) is 11.4 Å². The van der Waals surface area contributed by atoms with Crippen LogP contribution in [0.5, 0.6) is 0 Å². The van der Waals surface area contributed by atoms with Crippen molar-refractivity contribution in [3.05, 3.63) is 71.2 Å². The highest BCUT2D eigenvalue weighted by Gasteiger charge is 2.36. The lowest BCUT2D eigenvalue weighted by atomic mass is 10.0. The number of carbonyl (C=O) groups excluding carboxylic acids is 2. The Kier molecular flexibility index (Phi) is 7.65. The van der Waals surface area contributed by atoms with E-state index < -0.39 is 11.7 Å². The first-order valence-electron chi connectivity index (χ1n) is 10.8. The molecule has 0 aliphatic carbocycles. The molecule has 9 nitrogen and oxygen atoms in total. The van der Waals surface area contributed by atoms with E-state index in [1.165, 1.54) is 14.9 Å². The highest BCUT2D eigenvalue weighted by Crippen LogP contribution is 2.25. The van der Waals surface area contributed by atoms with Crippen LogP contribution in [-0.2, 0) is 16.1 Å². The topological polar surface area (TPSA) is 118 Å². The Hall–Kier alpha value is -3.34. The molecule has 3 rings (SSSR count). The van der Waals surface area contributed by atoms with Gasteiger partial charge in [-0.3, -0.25) is 19.7 Å². The highest BCUT2D eigenvalue weighted by molar-refractivity contribution is 7.81. The van der Waals surface area contributed by atoms with Crippen molar-refractivity contribution in [1.82, 2.24) is 14.9 Å². The van der Waals surface area contributed by atoms with Crippen molar-refractivity contribution >= 4 is 34.8 Å². The second-order valence-corrected chi connectivity index (χ2v) is 9.41. The van der Waals surface area contributed by atoms with E-state index in [4.69, 9.17) is 28.6 Å². The van der Waals surface area contributed by atoms with Gasteiger partial charge in [-0.1, -0.05) is 30.4 Å². The number of thiocarbonyl (C=S) groups is 1. The fourth-order valence-electron chi connectivity index (χ4n) is 3.45. The van der Waals surface area contributed by atoms with Gasteiger partial charge in [0.25, 0.3) is 0 Å². The van der Waals surface area contributed by atoms with Crippen LogP contribution in [0.3, 0.4) is 0 Å². The van der Waals surface area contributed by atoms with Crippen LogP contribution in [0.4, 0.5) is 10.5 Å². The van der Waals surface area contributed by atoms with Crippen molar-refractivity contribution < 1.29 is 14.3 Å². The zero-order valence-electron chi connectivity index (χ0n) is 19.8. The molecular formula is C24H30N6O3S. The summed E-state index contributed by atoms with van der Waals surface area (Å²) in [5.74, 6) is 12.4. The number of rotatable bonds is 5. The number of aryl methyl sites for hydroxylation is 1. The molecule has 1 aromatic carbocycles. The maximum absolute atomic E-state index is 13.3. The van der Waals surface area contributed by atoms with Crippen LogP contribution in [0.2, 0.25) is 0 Å². The maximum Gasteiger partial charge on any atom is 0.411 e. The Bertz CT molecular complexity index is 1110. The van der Waals surface area contributed by atoms with Crippen molar-refractivity contribution in [2.45, 2.75) is 39.8 Å². The lowest BCUT2D eigenvalue weighted by Gasteiger charge is -2.36. The summed E-state index contributed by atoms with van der Waals surface area (Å²) in [6, 6.07) is 10.9. The van der Waals surface area contributed by atoms with Crippen LogP contribution >= 0.6 is 12.2 Å². The zero-order valence-corrected chi connectivity index (χ0v) is 20.6. The summed E-state index contributed by atoms with van der Waals surface area (Å²) in [6.07, 6.45) is 2.80. The van der Waals surface area contributed by atoms with Gasteiger partial charge < -0.3 is 9.75 Å². The number of amides is 1. The Morgan fingerprint density at radius 3 is 2.47 bits per heavy atom. The van der Waals surface area contributed by atoms with Crippen molar-refractivity contribution in [3.63, 3.8) is 0 Å². The normalized spacial score (nSPS) is 14.2. The van der Waals surface area contributed by atoms with Gasteiger partial charge in [-0.05, 0) is 57.0 Å². The fraction of sp³-hybridized carbons (Fsp3) is 0.333. The molecule has 2 aromatic rings. The number of hydrazine groups is 2. The first kappa shape index (κ1) is 25.3. The third-order valence-electron chi connectivity index (χ3n) is 5.19. The van der Waals surface area contributed by atoms with E-state index in [9.17, 15) is 9.59 Å². The van der Waals surface area contributed by atoms with Crippen molar-refractivity contribution in [2.75, 3.05) is 18.1 Å². The molecule has 0 saturated heterocycles. The molecule has 0 saturated carbocycles. The number of hydrogen-bond acceptors (Lipinski definition) is 8. The average Bonchev–Trinajstić information content (AvgIpc) is 2.78. The number of aromatic nitrogens is 1. The molecule has 1 aliphatic heterocycles. The van der Waals surface area contributed by atoms with Crippen LogP contribution < -0.4 is 16.7 Å². The minimum atomic E-state index is -0.711. The summed E-state index contributed by atoms with van der Waals surface area (Å²) in [4.78, 5) is 31.6. The standard InChI is InChI=1S/C24H30N6O3S/c1-16-12-27-11-10-17(16)13-29(25)19-14-28(23(32)33-24(2,3)4)15-20(31)21(19)22(34)30(26)18-8-6-5-7-9-18/h5-12H,13-15,25-26H2,1-4H3. The van der Waals surface area contributed by atoms with Gasteiger partial charge in [0, 0.05) is 12.4 Å². The zero-order chi connectivity index (χ0) is 25.0. The summed E-state index contributed by atoms with van der Waals surface area (Å²) in [7, 11) is 0. The molecule has 0 radical (unpaired) electrons. The van der Waals surface area contributed by atoms with E-state index in [-0.39, 0.29) is 36.0 Å². The number of Topliss-reactive ketones (excluding diaryl/α,β-unsaturated/α-hetero) is 1. The second-order valence-electron chi connectivity index (χ2n) is 9.02. The molecule has 0 bridgehead atoms. The number of benzene rings is 1. The van der Waals surface area contributed by atoms with E-state index in [1.54, 1.807) is 45.3 Å². The van der Waals surface area contributed by atoms with Gasteiger partial charge in [-0.25, -0.2) is 16.5 Å². The third kappa shape index (κ3) is 5.96. The van der Waals surface area contributed by atoms with Gasteiger partial charge in [-0.2, -0.15) is 0 Å². The Morgan fingerprint density at radius 2 is 1.85 bits per heavy atom. The summed E-state index contributed by atoms with van der Waals surface area (Å²) >= 11 is 5.63. The monoisotopic (exact) mass is 482 g/mol. The van der Waals surface area contributed by atoms with Crippen molar-refractivity contribution in [2.24, 2.45) is 11.7 Å². The Balaban J connectivity index is 2.00. The smallest absolute Gasteiger partial charge is 0.411 e. The van der Waals surface area contributed by atoms with E-state index in [1.807, 2.05) is 31.2 Å². The number of nitrogens with two attached hydrogens (primary N) is 2. The maximum atomic E-state index is 13.3. The lowest BCUT2D eigenvalue weighted by molar-refractivity contribution is -0.117. The minimum Gasteiger partial charge on any atom is -0.444 e. The predicted octanol–water partition coefficient (Wildman–Crippen LogP) is 2.85. The molecule has 0 atom stereocenters. The number of pyridine rings is 1. The Morgan fingerprint density at radius 1 is 1.18 bits per heavy atom. The molecule has 34 heavy (non-hydrogen) atoms. The summed E-state index contributed by atoms with van der Waals surface area (Å²) in [5, 5.41) is 2.70. The number of ether oxygens (including phenoxy) is 1. The number of anilines is 1. The number of carbonyl (C=O) groups is 2. The molecular weight excluding hydrogens is 452 g/mol. The van der Waals surface area contributed by atoms with Crippen LogP contribution in [0.15, 0.2) is 60.1 Å². The molecule has 0 fully saturated rings. The molecule has 180 valence electrons. The SMILES string of the molecule is Cc1cnccc1CN(N)C1=C(C(=S)N(N)c2ccccc2)C(=O)CN(C(=O)OC(C)(C)C)C1. The van der Waals surface area contributed by atoms with Gasteiger partial charge in [0.05, 0.1) is 36.6 Å².